The van der Waals surface area contributed by atoms with Crippen molar-refractivity contribution in [1.29, 1.82) is 5.26 Å². The van der Waals surface area contributed by atoms with Gasteiger partial charge in [-0.15, -0.1) is 0 Å². The lowest BCUT2D eigenvalue weighted by Gasteiger charge is -2.21. The van der Waals surface area contributed by atoms with Crippen molar-refractivity contribution in [3.8, 4) is 6.07 Å². The Bertz CT molecular complexity index is 705. The molecule has 2 N–H and O–H groups in total. The molecule has 1 aliphatic heterocycles. The quantitative estimate of drug-likeness (QED) is 0.939. The highest BCUT2D eigenvalue weighted by atomic mass is 19.1. The summed E-state index contributed by atoms with van der Waals surface area (Å²) in [5.74, 6) is -0.0379. The summed E-state index contributed by atoms with van der Waals surface area (Å²) in [6.45, 7) is 1.40. The first kappa shape index (κ1) is 13.6. The van der Waals surface area contributed by atoms with E-state index in [2.05, 4.69) is 17.0 Å². The molecule has 0 bridgehead atoms. The summed E-state index contributed by atoms with van der Waals surface area (Å²) >= 11 is 0. The van der Waals surface area contributed by atoms with Crippen molar-refractivity contribution in [2.24, 2.45) is 5.73 Å². The van der Waals surface area contributed by atoms with E-state index < -0.39 is 0 Å². The number of rotatable bonds is 3. The van der Waals surface area contributed by atoms with Crippen molar-refractivity contribution < 1.29 is 4.39 Å². The Labute approximate surface area is 123 Å². The average molecular weight is 281 g/mol. The number of fused-ring (bicyclic) bond motifs is 1. The molecule has 21 heavy (non-hydrogen) atoms. The van der Waals surface area contributed by atoms with Gasteiger partial charge in [0, 0.05) is 18.2 Å². The van der Waals surface area contributed by atoms with E-state index in [1.54, 1.807) is 6.07 Å². The Morgan fingerprint density at radius 3 is 2.81 bits per heavy atom. The van der Waals surface area contributed by atoms with Gasteiger partial charge in [-0.1, -0.05) is 18.2 Å². The first-order chi connectivity index (χ1) is 10.2. The normalized spacial score (nSPS) is 16.6. The molecule has 0 fully saturated rings. The molecule has 1 atom stereocenters. The van der Waals surface area contributed by atoms with E-state index in [1.807, 2.05) is 18.2 Å². The Balaban J connectivity index is 2.07. The van der Waals surface area contributed by atoms with Crippen LogP contribution in [-0.2, 0) is 0 Å². The molecule has 0 aromatic heterocycles. The molecule has 2 aromatic carbocycles. The first-order valence-electron chi connectivity index (χ1n) is 7.00. The molecule has 1 aliphatic rings. The molecule has 1 heterocycles. The number of hydrogen-bond donors (Lipinski definition) is 1. The molecule has 4 heteroatoms. The number of nitriles is 1. The van der Waals surface area contributed by atoms with Crippen molar-refractivity contribution in [3.63, 3.8) is 0 Å². The van der Waals surface area contributed by atoms with Crippen molar-refractivity contribution in [2.45, 2.75) is 12.3 Å². The fraction of sp³-hybridized carbons (Fsp3) is 0.235. The fourth-order valence-electron chi connectivity index (χ4n) is 3.00. The highest BCUT2D eigenvalue weighted by molar-refractivity contribution is 5.75. The average Bonchev–Trinajstić information content (AvgIpc) is 2.86. The topological polar surface area (TPSA) is 53.0 Å². The number of anilines is 2. The van der Waals surface area contributed by atoms with Crippen LogP contribution in [0.4, 0.5) is 15.8 Å². The molecule has 2 aromatic rings. The molecule has 0 radical (unpaired) electrons. The van der Waals surface area contributed by atoms with Crippen LogP contribution in [0, 0.1) is 17.1 Å². The maximum atomic E-state index is 13.3. The summed E-state index contributed by atoms with van der Waals surface area (Å²) in [7, 11) is 0. The second-order valence-corrected chi connectivity index (χ2v) is 5.22. The molecule has 0 amide bonds. The van der Waals surface area contributed by atoms with Gasteiger partial charge in [0.15, 0.2) is 0 Å². The number of para-hydroxylation sites is 1. The van der Waals surface area contributed by atoms with Gasteiger partial charge >= 0.3 is 0 Å². The summed E-state index contributed by atoms with van der Waals surface area (Å²) in [5.41, 5.74) is 9.15. The monoisotopic (exact) mass is 281 g/mol. The minimum Gasteiger partial charge on any atom is -0.340 e. The Morgan fingerprint density at radius 2 is 2.05 bits per heavy atom. The lowest BCUT2D eigenvalue weighted by molar-refractivity contribution is 0.627. The summed E-state index contributed by atoms with van der Waals surface area (Å²) in [5, 5.41) is 9.26. The van der Waals surface area contributed by atoms with E-state index >= 15 is 0 Å². The van der Waals surface area contributed by atoms with Crippen molar-refractivity contribution in [1.82, 2.24) is 0 Å². The lowest BCUT2D eigenvalue weighted by Crippen LogP contribution is -2.18. The van der Waals surface area contributed by atoms with E-state index in [9.17, 15) is 9.65 Å². The maximum absolute atomic E-state index is 13.3. The van der Waals surface area contributed by atoms with Crippen LogP contribution in [0.15, 0.2) is 42.5 Å². The Morgan fingerprint density at radius 1 is 1.24 bits per heavy atom. The zero-order valence-corrected chi connectivity index (χ0v) is 11.6. The van der Waals surface area contributed by atoms with Gasteiger partial charge in [-0.05, 0) is 42.8 Å². The van der Waals surface area contributed by atoms with Gasteiger partial charge in [0.25, 0.3) is 0 Å². The number of benzene rings is 2. The van der Waals surface area contributed by atoms with Crippen LogP contribution in [0.5, 0.6) is 0 Å². The molecule has 106 valence electrons. The summed E-state index contributed by atoms with van der Waals surface area (Å²) in [4.78, 5) is 2.09. The maximum Gasteiger partial charge on any atom is 0.124 e. The van der Waals surface area contributed by atoms with Gasteiger partial charge in [0.05, 0.1) is 11.3 Å². The van der Waals surface area contributed by atoms with Gasteiger partial charge in [0.1, 0.15) is 11.9 Å². The minimum atomic E-state index is -0.388. The summed E-state index contributed by atoms with van der Waals surface area (Å²) in [6.07, 6.45) is 0.899. The van der Waals surface area contributed by atoms with Gasteiger partial charge < -0.3 is 10.6 Å². The largest absolute Gasteiger partial charge is 0.340 e. The first-order valence-corrected chi connectivity index (χ1v) is 7.00. The van der Waals surface area contributed by atoms with Crippen LogP contribution in [-0.4, -0.2) is 13.1 Å². The number of nitrogens with two attached hydrogens (primary N) is 1. The molecule has 0 saturated carbocycles. The third kappa shape index (κ3) is 2.37. The highest BCUT2D eigenvalue weighted by Crippen LogP contribution is 2.42. The van der Waals surface area contributed by atoms with Gasteiger partial charge in [0.2, 0.25) is 0 Å². The molecule has 1 unspecified atom stereocenters. The van der Waals surface area contributed by atoms with Gasteiger partial charge in [-0.2, -0.15) is 5.26 Å². The zero-order chi connectivity index (χ0) is 14.8. The molecule has 0 aliphatic carbocycles. The van der Waals surface area contributed by atoms with Crippen molar-refractivity contribution >= 4 is 11.4 Å². The smallest absolute Gasteiger partial charge is 0.124 e. The SMILES string of the molecule is N#Cc1cc(F)ccc1N1CC(CCN)c2ccccc21. The number of hydrogen-bond acceptors (Lipinski definition) is 3. The molecule has 0 spiro atoms. The van der Waals surface area contributed by atoms with Crippen LogP contribution in [0.3, 0.4) is 0 Å². The van der Waals surface area contributed by atoms with Gasteiger partial charge in [-0.25, -0.2) is 4.39 Å². The predicted octanol–water partition coefficient (Wildman–Crippen LogP) is 3.28. The predicted molar refractivity (Wildman–Crippen MR) is 81.0 cm³/mol. The van der Waals surface area contributed by atoms with Crippen LogP contribution in [0.1, 0.15) is 23.5 Å². The lowest BCUT2D eigenvalue weighted by atomic mass is 9.98. The Hall–Kier alpha value is -2.38. The van der Waals surface area contributed by atoms with E-state index in [0.29, 0.717) is 18.0 Å². The number of halogens is 1. The van der Waals surface area contributed by atoms with E-state index in [0.717, 1.165) is 24.3 Å². The van der Waals surface area contributed by atoms with E-state index in [-0.39, 0.29) is 5.82 Å². The molecule has 3 nitrogen and oxygen atoms in total. The molecule has 3 rings (SSSR count). The standard InChI is InChI=1S/C17H16FN3/c18-14-5-6-16(13(9-14)10-20)21-11-12(7-8-19)15-3-1-2-4-17(15)21/h1-6,9,12H,7-8,11,19H2. The number of nitrogens with zero attached hydrogens (tertiary/aromatic N) is 2. The highest BCUT2D eigenvalue weighted by Gasteiger charge is 2.29. The van der Waals surface area contributed by atoms with Crippen LogP contribution >= 0.6 is 0 Å². The van der Waals surface area contributed by atoms with E-state index in [4.69, 9.17) is 5.73 Å². The minimum absolute atomic E-state index is 0.350. The molecular weight excluding hydrogens is 265 g/mol. The van der Waals surface area contributed by atoms with Crippen molar-refractivity contribution in [2.75, 3.05) is 18.0 Å². The van der Waals surface area contributed by atoms with Crippen LogP contribution < -0.4 is 10.6 Å². The van der Waals surface area contributed by atoms with E-state index in [1.165, 1.54) is 17.7 Å². The zero-order valence-electron chi connectivity index (χ0n) is 11.6. The summed E-state index contributed by atoms with van der Waals surface area (Å²) in [6, 6.07) is 14.6. The Kier molecular flexibility index (Phi) is 3.59. The third-order valence-corrected chi connectivity index (χ3v) is 3.96. The molecule has 0 saturated heterocycles. The van der Waals surface area contributed by atoms with Crippen molar-refractivity contribution in [3.05, 3.63) is 59.4 Å². The fourth-order valence-corrected chi connectivity index (χ4v) is 3.00. The second-order valence-electron chi connectivity index (χ2n) is 5.22. The van der Waals surface area contributed by atoms with Crippen LogP contribution in [0.25, 0.3) is 0 Å². The summed E-state index contributed by atoms with van der Waals surface area (Å²) < 4.78 is 13.3. The second kappa shape index (κ2) is 5.55. The molecular formula is C17H16FN3. The van der Waals surface area contributed by atoms with Gasteiger partial charge in [-0.3, -0.25) is 0 Å². The third-order valence-electron chi connectivity index (χ3n) is 3.96. The van der Waals surface area contributed by atoms with Crippen LogP contribution in [0.2, 0.25) is 0 Å².